The summed E-state index contributed by atoms with van der Waals surface area (Å²) in [5.41, 5.74) is 2.03. The molecule has 0 atom stereocenters. The molecule has 1 heterocycles. The molecule has 0 aliphatic carbocycles. The number of hydrogen-bond acceptors (Lipinski definition) is 5. The summed E-state index contributed by atoms with van der Waals surface area (Å²) in [5.74, 6) is -0.929. The Hall–Kier alpha value is -3.36. The normalized spacial score (nSPS) is 16.0. The summed E-state index contributed by atoms with van der Waals surface area (Å²) >= 11 is 4.67. The molecule has 1 fully saturated rings. The zero-order valence-corrected chi connectivity index (χ0v) is 19.0. The first kappa shape index (κ1) is 21.9. The summed E-state index contributed by atoms with van der Waals surface area (Å²) < 4.78 is 6.18. The molecule has 8 heteroatoms. The van der Waals surface area contributed by atoms with Gasteiger partial charge in [0.15, 0.2) is 11.8 Å². The van der Waals surface area contributed by atoms with Gasteiger partial charge >= 0.3 is 5.97 Å². The van der Waals surface area contributed by atoms with E-state index < -0.39 is 12.6 Å². The van der Waals surface area contributed by atoms with Gasteiger partial charge in [0, 0.05) is 10.0 Å². The Balaban J connectivity index is 1.75. The molecule has 3 aromatic carbocycles. The number of anilines is 1. The van der Waals surface area contributed by atoms with Crippen molar-refractivity contribution in [2.24, 2.45) is 4.99 Å². The number of carbonyl (C=O) groups is 2. The molecular weight excluding hydrogens is 492 g/mol. The molecule has 0 radical (unpaired) electrons. The highest BCUT2D eigenvalue weighted by Crippen LogP contribution is 2.38. The van der Waals surface area contributed by atoms with E-state index in [1.54, 1.807) is 29.2 Å². The number of carboxylic acid groups (broad SMARTS) is 1. The van der Waals surface area contributed by atoms with Crippen LogP contribution in [0, 0.1) is 0 Å². The maximum Gasteiger partial charge on any atom is 0.341 e. The van der Waals surface area contributed by atoms with E-state index in [1.807, 2.05) is 60.7 Å². The number of hydrogen-bond donors (Lipinski definition) is 1. The van der Waals surface area contributed by atoms with Crippen molar-refractivity contribution in [2.75, 3.05) is 11.5 Å². The standard InChI is InChI=1S/C24H17BrN2O4S/c25-17-11-12-20(31-15-22(28)29)16(13-17)14-21-23(30)27(19-9-5-2-6-10-19)24(32-21)26-18-7-3-1-4-8-18/h1-14H,15H2,(H,28,29)/b21-14-,26-24?. The molecule has 32 heavy (non-hydrogen) atoms. The van der Waals surface area contributed by atoms with Gasteiger partial charge in [-0.05, 0) is 60.3 Å². The summed E-state index contributed by atoms with van der Waals surface area (Å²) in [5, 5.41) is 9.48. The van der Waals surface area contributed by atoms with Gasteiger partial charge in [0.05, 0.1) is 16.3 Å². The molecule has 0 aromatic heterocycles. The van der Waals surface area contributed by atoms with Gasteiger partial charge in [0.2, 0.25) is 0 Å². The molecule has 1 saturated heterocycles. The van der Waals surface area contributed by atoms with Crippen molar-refractivity contribution in [2.45, 2.75) is 0 Å². The average molecular weight is 509 g/mol. The first-order valence-electron chi connectivity index (χ1n) is 9.58. The number of halogens is 1. The third-order valence-corrected chi connectivity index (χ3v) is 5.87. The van der Waals surface area contributed by atoms with Crippen molar-refractivity contribution < 1.29 is 19.4 Å². The summed E-state index contributed by atoms with van der Waals surface area (Å²) in [6.45, 7) is -0.476. The fourth-order valence-corrected chi connectivity index (χ4v) is 4.38. The number of amidine groups is 1. The van der Waals surface area contributed by atoms with Crippen LogP contribution in [0.5, 0.6) is 5.75 Å². The molecule has 4 rings (SSSR count). The molecule has 1 aliphatic rings. The van der Waals surface area contributed by atoms with Crippen molar-refractivity contribution in [1.82, 2.24) is 0 Å². The number of thioether (sulfide) groups is 1. The van der Waals surface area contributed by atoms with Gasteiger partial charge in [0.25, 0.3) is 5.91 Å². The molecule has 0 bridgehead atoms. The predicted octanol–water partition coefficient (Wildman–Crippen LogP) is 5.72. The number of aliphatic carboxylic acids is 1. The van der Waals surface area contributed by atoms with Crippen LogP contribution in [0.25, 0.3) is 6.08 Å². The number of para-hydroxylation sites is 2. The van der Waals surface area contributed by atoms with Crippen molar-refractivity contribution in [3.63, 3.8) is 0 Å². The fourth-order valence-electron chi connectivity index (χ4n) is 3.01. The lowest BCUT2D eigenvalue weighted by atomic mass is 10.2. The van der Waals surface area contributed by atoms with Gasteiger partial charge in [-0.3, -0.25) is 9.69 Å². The number of aliphatic imine (C=N–C) groups is 1. The Kier molecular flexibility index (Phi) is 6.72. The van der Waals surface area contributed by atoms with E-state index in [1.165, 1.54) is 11.8 Å². The van der Waals surface area contributed by atoms with Crippen LogP contribution in [-0.4, -0.2) is 28.8 Å². The highest BCUT2D eigenvalue weighted by molar-refractivity contribution is 9.10. The summed E-state index contributed by atoms with van der Waals surface area (Å²) in [7, 11) is 0. The van der Waals surface area contributed by atoms with Gasteiger partial charge in [-0.1, -0.05) is 52.3 Å². The minimum Gasteiger partial charge on any atom is -0.481 e. The van der Waals surface area contributed by atoms with Crippen LogP contribution < -0.4 is 9.64 Å². The topological polar surface area (TPSA) is 79.2 Å². The fraction of sp³-hybridized carbons (Fsp3) is 0.0417. The van der Waals surface area contributed by atoms with Crippen molar-refractivity contribution in [1.29, 1.82) is 0 Å². The van der Waals surface area contributed by atoms with Crippen LogP contribution >= 0.6 is 27.7 Å². The van der Waals surface area contributed by atoms with E-state index in [9.17, 15) is 9.59 Å². The molecule has 3 aromatic rings. The van der Waals surface area contributed by atoms with E-state index in [4.69, 9.17) is 9.84 Å². The number of carbonyl (C=O) groups excluding carboxylic acids is 1. The van der Waals surface area contributed by atoms with Crippen LogP contribution in [0.1, 0.15) is 5.56 Å². The van der Waals surface area contributed by atoms with Gasteiger partial charge in [0.1, 0.15) is 5.75 Å². The lowest BCUT2D eigenvalue weighted by molar-refractivity contribution is -0.139. The molecule has 1 N–H and O–H groups in total. The minimum atomic E-state index is -1.08. The molecule has 0 unspecified atom stereocenters. The Bertz CT molecular complexity index is 1210. The number of rotatable bonds is 6. The van der Waals surface area contributed by atoms with Crippen LogP contribution in [-0.2, 0) is 9.59 Å². The molecule has 160 valence electrons. The summed E-state index contributed by atoms with van der Waals surface area (Å²) in [6.07, 6.45) is 1.69. The molecule has 6 nitrogen and oxygen atoms in total. The molecular formula is C24H17BrN2O4S. The smallest absolute Gasteiger partial charge is 0.341 e. The van der Waals surface area contributed by atoms with Gasteiger partial charge < -0.3 is 9.84 Å². The highest BCUT2D eigenvalue weighted by Gasteiger charge is 2.35. The Labute approximate surface area is 197 Å². The second-order valence-corrected chi connectivity index (χ2v) is 8.61. The first-order chi connectivity index (χ1) is 15.5. The molecule has 1 aliphatic heterocycles. The Morgan fingerprint density at radius 2 is 1.75 bits per heavy atom. The first-order valence-corrected chi connectivity index (χ1v) is 11.2. The lowest BCUT2D eigenvalue weighted by Gasteiger charge is -2.15. The third-order valence-electron chi connectivity index (χ3n) is 4.41. The molecule has 0 saturated carbocycles. The van der Waals surface area contributed by atoms with Gasteiger partial charge in [-0.2, -0.15) is 0 Å². The monoisotopic (exact) mass is 508 g/mol. The van der Waals surface area contributed by atoms with Crippen LogP contribution in [0.15, 0.2) is 93.2 Å². The number of amides is 1. The summed E-state index contributed by atoms with van der Waals surface area (Å²) in [4.78, 5) is 31.0. The minimum absolute atomic E-state index is 0.222. The van der Waals surface area contributed by atoms with Gasteiger partial charge in [-0.15, -0.1) is 0 Å². The number of ether oxygens (including phenoxy) is 1. The number of nitrogens with zero attached hydrogens (tertiary/aromatic N) is 2. The van der Waals surface area contributed by atoms with E-state index >= 15 is 0 Å². The zero-order chi connectivity index (χ0) is 22.5. The number of benzene rings is 3. The van der Waals surface area contributed by atoms with Crippen molar-refractivity contribution in [3.05, 3.63) is 93.8 Å². The second-order valence-electron chi connectivity index (χ2n) is 6.68. The maximum atomic E-state index is 13.4. The molecule has 0 spiro atoms. The van der Waals surface area contributed by atoms with E-state index in [0.717, 1.165) is 10.2 Å². The van der Waals surface area contributed by atoms with Crippen LogP contribution in [0.2, 0.25) is 0 Å². The Morgan fingerprint density at radius 1 is 1.06 bits per heavy atom. The lowest BCUT2D eigenvalue weighted by Crippen LogP contribution is -2.28. The van der Waals surface area contributed by atoms with E-state index in [2.05, 4.69) is 20.9 Å². The third kappa shape index (κ3) is 5.09. The summed E-state index contributed by atoms with van der Waals surface area (Å²) in [6, 6.07) is 23.9. The van der Waals surface area contributed by atoms with Crippen molar-refractivity contribution >= 4 is 62.2 Å². The van der Waals surface area contributed by atoms with E-state index in [-0.39, 0.29) is 5.91 Å². The van der Waals surface area contributed by atoms with Crippen LogP contribution in [0.3, 0.4) is 0 Å². The van der Waals surface area contributed by atoms with Crippen molar-refractivity contribution in [3.8, 4) is 5.75 Å². The quantitative estimate of drug-likeness (QED) is 0.430. The average Bonchev–Trinajstić information content (AvgIpc) is 3.09. The SMILES string of the molecule is O=C(O)COc1ccc(Br)cc1/C=C1\SC(=Nc2ccccc2)N(c2ccccc2)C1=O. The zero-order valence-electron chi connectivity index (χ0n) is 16.6. The Morgan fingerprint density at radius 3 is 2.44 bits per heavy atom. The molecule has 1 amide bonds. The number of carboxylic acids is 1. The van der Waals surface area contributed by atoms with E-state index in [0.29, 0.717) is 27.1 Å². The largest absolute Gasteiger partial charge is 0.481 e. The predicted molar refractivity (Wildman–Crippen MR) is 130 cm³/mol. The van der Waals surface area contributed by atoms with Crippen LogP contribution in [0.4, 0.5) is 11.4 Å². The highest BCUT2D eigenvalue weighted by atomic mass is 79.9. The van der Waals surface area contributed by atoms with Gasteiger partial charge in [-0.25, -0.2) is 9.79 Å². The second kappa shape index (κ2) is 9.84. The maximum absolute atomic E-state index is 13.4.